The van der Waals surface area contributed by atoms with Gasteiger partial charge in [-0.1, -0.05) is 19.9 Å². The van der Waals surface area contributed by atoms with E-state index in [1.54, 1.807) is 0 Å². The Bertz CT molecular complexity index is 549. The molecule has 112 valence electrons. The quantitative estimate of drug-likeness (QED) is 0.898. The third-order valence-corrected chi connectivity index (χ3v) is 3.41. The van der Waals surface area contributed by atoms with Gasteiger partial charge in [-0.2, -0.15) is 5.26 Å². The van der Waals surface area contributed by atoms with Crippen molar-refractivity contribution in [3.8, 4) is 17.6 Å². The van der Waals surface area contributed by atoms with Gasteiger partial charge in [0.25, 0.3) is 0 Å². The highest BCUT2D eigenvalue weighted by molar-refractivity contribution is 5.81. The van der Waals surface area contributed by atoms with E-state index in [4.69, 9.17) is 14.7 Å². The summed E-state index contributed by atoms with van der Waals surface area (Å²) in [6.45, 7) is 5.38. The number of hydrogen-bond donors (Lipinski definition) is 1. The van der Waals surface area contributed by atoms with Gasteiger partial charge in [0.2, 0.25) is 5.91 Å². The molecule has 0 saturated carbocycles. The first-order valence-electron chi connectivity index (χ1n) is 7.17. The van der Waals surface area contributed by atoms with Gasteiger partial charge in [-0.05, 0) is 30.0 Å². The number of nitrogens with one attached hydrogen (secondary N) is 1. The van der Waals surface area contributed by atoms with Crippen molar-refractivity contribution in [2.75, 3.05) is 19.8 Å². The molecule has 0 aromatic heterocycles. The van der Waals surface area contributed by atoms with Crippen LogP contribution in [0, 0.1) is 23.2 Å². The third-order valence-electron chi connectivity index (χ3n) is 3.41. The number of rotatable bonds is 5. The molecule has 1 amide bonds. The predicted molar refractivity (Wildman–Crippen MR) is 78.1 cm³/mol. The summed E-state index contributed by atoms with van der Waals surface area (Å²) in [6.07, 6.45) is 0.693. The highest BCUT2D eigenvalue weighted by Crippen LogP contribution is 2.30. The molecule has 5 heteroatoms. The number of benzene rings is 1. The van der Waals surface area contributed by atoms with Crippen LogP contribution in [0.5, 0.6) is 11.5 Å². The molecular formula is C16H20N2O3. The van der Waals surface area contributed by atoms with Gasteiger partial charge in [-0.25, -0.2) is 0 Å². The van der Waals surface area contributed by atoms with Crippen LogP contribution >= 0.6 is 0 Å². The SMILES string of the molecule is CC(C)C(C#N)C(=O)NCCc1ccc2c(c1)OCCO2. The Balaban J connectivity index is 1.86. The third kappa shape index (κ3) is 3.88. The van der Waals surface area contributed by atoms with Crippen molar-refractivity contribution in [2.45, 2.75) is 20.3 Å². The zero-order valence-electron chi connectivity index (χ0n) is 12.4. The van der Waals surface area contributed by atoms with Crippen LogP contribution in [0.4, 0.5) is 0 Å². The van der Waals surface area contributed by atoms with E-state index in [9.17, 15) is 4.79 Å². The van der Waals surface area contributed by atoms with Gasteiger partial charge in [0, 0.05) is 6.54 Å². The second-order valence-electron chi connectivity index (χ2n) is 5.37. The minimum atomic E-state index is -0.592. The first-order valence-corrected chi connectivity index (χ1v) is 7.17. The summed E-state index contributed by atoms with van der Waals surface area (Å²) in [7, 11) is 0. The van der Waals surface area contributed by atoms with Gasteiger partial charge in [0.05, 0.1) is 6.07 Å². The molecule has 0 bridgehead atoms. The molecule has 0 radical (unpaired) electrons. The predicted octanol–water partition coefficient (Wildman–Crippen LogP) is 1.91. The van der Waals surface area contributed by atoms with Crippen molar-refractivity contribution in [2.24, 2.45) is 11.8 Å². The number of carbonyl (C=O) groups excluding carboxylic acids is 1. The largest absolute Gasteiger partial charge is 0.486 e. The van der Waals surface area contributed by atoms with Crippen LogP contribution in [-0.2, 0) is 11.2 Å². The van der Waals surface area contributed by atoms with Crippen molar-refractivity contribution in [3.63, 3.8) is 0 Å². The number of fused-ring (bicyclic) bond motifs is 1. The lowest BCUT2D eigenvalue weighted by molar-refractivity contribution is -0.124. The Kier molecular flexibility index (Phi) is 5.04. The lowest BCUT2D eigenvalue weighted by atomic mass is 9.96. The fraction of sp³-hybridized carbons (Fsp3) is 0.500. The number of ether oxygens (including phenoxy) is 2. The summed E-state index contributed by atoms with van der Waals surface area (Å²) in [6, 6.07) is 7.83. The maximum Gasteiger partial charge on any atom is 0.237 e. The van der Waals surface area contributed by atoms with Crippen LogP contribution in [0.1, 0.15) is 19.4 Å². The van der Waals surface area contributed by atoms with Crippen molar-refractivity contribution in [3.05, 3.63) is 23.8 Å². The molecule has 1 unspecified atom stereocenters. The lowest BCUT2D eigenvalue weighted by Crippen LogP contribution is -2.34. The number of amides is 1. The Morgan fingerprint density at radius 2 is 2.05 bits per heavy atom. The topological polar surface area (TPSA) is 71.4 Å². The van der Waals surface area contributed by atoms with Crippen LogP contribution in [0.25, 0.3) is 0 Å². The van der Waals surface area contributed by atoms with Gasteiger partial charge < -0.3 is 14.8 Å². The van der Waals surface area contributed by atoms with Crippen molar-refractivity contribution >= 4 is 5.91 Å². The van der Waals surface area contributed by atoms with E-state index in [2.05, 4.69) is 5.32 Å². The van der Waals surface area contributed by atoms with E-state index >= 15 is 0 Å². The summed E-state index contributed by atoms with van der Waals surface area (Å²) >= 11 is 0. The minimum Gasteiger partial charge on any atom is -0.486 e. The smallest absolute Gasteiger partial charge is 0.237 e. The van der Waals surface area contributed by atoms with Gasteiger partial charge in [0.1, 0.15) is 19.1 Å². The Hall–Kier alpha value is -2.22. The average Bonchev–Trinajstić information content (AvgIpc) is 2.47. The fourth-order valence-corrected chi connectivity index (χ4v) is 2.19. The molecule has 5 nitrogen and oxygen atoms in total. The Labute approximate surface area is 124 Å². The molecule has 1 atom stereocenters. The van der Waals surface area contributed by atoms with E-state index in [-0.39, 0.29) is 11.8 Å². The molecule has 2 rings (SSSR count). The van der Waals surface area contributed by atoms with Crippen molar-refractivity contribution in [1.82, 2.24) is 5.32 Å². The van der Waals surface area contributed by atoms with E-state index < -0.39 is 5.92 Å². The first kappa shape index (κ1) is 15.2. The number of hydrogen-bond acceptors (Lipinski definition) is 4. The summed E-state index contributed by atoms with van der Waals surface area (Å²) in [5.41, 5.74) is 1.07. The Morgan fingerprint density at radius 1 is 1.33 bits per heavy atom. The average molecular weight is 288 g/mol. The summed E-state index contributed by atoms with van der Waals surface area (Å²) in [4.78, 5) is 11.9. The zero-order valence-corrected chi connectivity index (χ0v) is 12.4. The first-order chi connectivity index (χ1) is 10.1. The lowest BCUT2D eigenvalue weighted by Gasteiger charge is -2.19. The van der Waals surface area contributed by atoms with E-state index in [0.717, 1.165) is 17.1 Å². The second-order valence-corrected chi connectivity index (χ2v) is 5.37. The van der Waals surface area contributed by atoms with Crippen LogP contribution in [-0.4, -0.2) is 25.7 Å². The van der Waals surface area contributed by atoms with Crippen LogP contribution in [0.2, 0.25) is 0 Å². The maximum absolute atomic E-state index is 11.9. The summed E-state index contributed by atoms with van der Waals surface area (Å²) in [5, 5.41) is 11.8. The molecule has 1 aliphatic heterocycles. The second kappa shape index (κ2) is 6.98. The summed E-state index contributed by atoms with van der Waals surface area (Å²) < 4.78 is 11.0. The minimum absolute atomic E-state index is 0.0179. The standard InChI is InChI=1S/C16H20N2O3/c1-11(2)13(10-17)16(19)18-6-5-12-3-4-14-15(9-12)21-8-7-20-14/h3-4,9,11,13H,5-8H2,1-2H3,(H,18,19). The van der Waals surface area contributed by atoms with Crippen molar-refractivity contribution in [1.29, 1.82) is 5.26 Å². The fourth-order valence-electron chi connectivity index (χ4n) is 2.19. The normalized spacial score (nSPS) is 14.4. The van der Waals surface area contributed by atoms with Crippen molar-refractivity contribution < 1.29 is 14.3 Å². The van der Waals surface area contributed by atoms with E-state index in [1.165, 1.54) is 0 Å². The molecule has 1 aromatic carbocycles. The molecule has 21 heavy (non-hydrogen) atoms. The molecule has 1 N–H and O–H groups in total. The number of carbonyl (C=O) groups is 1. The van der Waals surface area contributed by atoms with Crippen LogP contribution in [0.15, 0.2) is 18.2 Å². The molecule has 0 aliphatic carbocycles. The van der Waals surface area contributed by atoms with Gasteiger partial charge in [-0.15, -0.1) is 0 Å². The molecular weight excluding hydrogens is 268 g/mol. The van der Waals surface area contributed by atoms with E-state index in [0.29, 0.717) is 26.2 Å². The highest BCUT2D eigenvalue weighted by Gasteiger charge is 2.21. The van der Waals surface area contributed by atoms with E-state index in [1.807, 2.05) is 38.1 Å². The highest BCUT2D eigenvalue weighted by atomic mass is 16.6. The Morgan fingerprint density at radius 3 is 2.71 bits per heavy atom. The monoisotopic (exact) mass is 288 g/mol. The molecule has 1 aliphatic rings. The maximum atomic E-state index is 11.9. The number of nitriles is 1. The number of nitrogens with zero attached hydrogens (tertiary/aromatic N) is 1. The molecule has 1 heterocycles. The molecule has 0 fully saturated rings. The zero-order chi connectivity index (χ0) is 15.2. The molecule has 0 saturated heterocycles. The molecule has 1 aromatic rings. The van der Waals surface area contributed by atoms with Gasteiger partial charge in [0.15, 0.2) is 11.5 Å². The van der Waals surface area contributed by atoms with Crippen LogP contribution < -0.4 is 14.8 Å². The van der Waals surface area contributed by atoms with Gasteiger partial charge >= 0.3 is 0 Å². The summed E-state index contributed by atoms with van der Waals surface area (Å²) in [5.74, 6) is 0.736. The molecule has 0 spiro atoms. The van der Waals surface area contributed by atoms with Gasteiger partial charge in [-0.3, -0.25) is 4.79 Å². The van der Waals surface area contributed by atoms with Crippen LogP contribution in [0.3, 0.4) is 0 Å².